The number of halogens is 3. The standard InChI is InChI=1S/C14H17F3N2O2/c1-8-12(9-4-6-19(8)7-5-9)18-13(20)10-2-3-11(21-10)14(15,16)17/h2-3,8-9,12H,4-7H2,1H3,(H,18,20). The Bertz CT molecular complexity index is 531. The molecule has 4 rings (SSSR count). The lowest BCUT2D eigenvalue weighted by Gasteiger charge is -2.49. The molecule has 116 valence electrons. The predicted molar refractivity (Wildman–Crippen MR) is 68.7 cm³/mol. The van der Waals surface area contributed by atoms with Gasteiger partial charge in [0.15, 0.2) is 5.76 Å². The van der Waals surface area contributed by atoms with Gasteiger partial charge in [0.05, 0.1) is 0 Å². The molecular formula is C14H17F3N2O2. The Morgan fingerprint density at radius 2 is 2.00 bits per heavy atom. The Kier molecular flexibility index (Phi) is 3.47. The van der Waals surface area contributed by atoms with Crippen molar-refractivity contribution in [2.45, 2.75) is 38.0 Å². The Morgan fingerprint density at radius 1 is 1.33 bits per heavy atom. The zero-order valence-electron chi connectivity index (χ0n) is 11.6. The van der Waals surface area contributed by atoms with E-state index in [-0.39, 0.29) is 17.8 Å². The highest BCUT2D eigenvalue weighted by Crippen LogP contribution is 2.33. The lowest BCUT2D eigenvalue weighted by atomic mass is 9.79. The Labute approximate surface area is 120 Å². The van der Waals surface area contributed by atoms with Gasteiger partial charge in [-0.3, -0.25) is 9.69 Å². The fourth-order valence-electron chi connectivity index (χ4n) is 3.38. The van der Waals surface area contributed by atoms with Gasteiger partial charge in [-0.2, -0.15) is 13.2 Å². The summed E-state index contributed by atoms with van der Waals surface area (Å²) in [5.74, 6) is -1.61. The van der Waals surface area contributed by atoms with Crippen LogP contribution < -0.4 is 5.32 Å². The number of piperidine rings is 3. The molecule has 4 heterocycles. The number of carbonyl (C=O) groups excluding carboxylic acids is 1. The van der Waals surface area contributed by atoms with Gasteiger partial charge in [0.1, 0.15) is 0 Å². The fourth-order valence-corrected chi connectivity index (χ4v) is 3.38. The second-order valence-electron chi connectivity index (χ2n) is 5.77. The molecule has 3 fully saturated rings. The minimum Gasteiger partial charge on any atom is -0.446 e. The zero-order chi connectivity index (χ0) is 15.2. The van der Waals surface area contributed by atoms with E-state index >= 15 is 0 Å². The lowest BCUT2D eigenvalue weighted by Crippen LogP contribution is -2.62. The summed E-state index contributed by atoms with van der Waals surface area (Å²) in [6, 6.07) is 2.04. The summed E-state index contributed by atoms with van der Waals surface area (Å²) in [5, 5.41) is 2.84. The van der Waals surface area contributed by atoms with Crippen molar-refractivity contribution >= 4 is 5.91 Å². The number of nitrogens with zero attached hydrogens (tertiary/aromatic N) is 1. The van der Waals surface area contributed by atoms with Crippen LogP contribution in [0.25, 0.3) is 0 Å². The van der Waals surface area contributed by atoms with Gasteiger partial charge in [0.2, 0.25) is 5.76 Å². The first-order valence-electron chi connectivity index (χ1n) is 7.08. The number of amides is 1. The first kappa shape index (κ1) is 14.4. The van der Waals surface area contributed by atoms with Crippen molar-refractivity contribution in [2.75, 3.05) is 13.1 Å². The van der Waals surface area contributed by atoms with Crippen molar-refractivity contribution in [3.8, 4) is 0 Å². The van der Waals surface area contributed by atoms with E-state index in [9.17, 15) is 18.0 Å². The van der Waals surface area contributed by atoms with Crippen molar-refractivity contribution in [3.63, 3.8) is 0 Å². The van der Waals surface area contributed by atoms with E-state index < -0.39 is 17.8 Å². The highest BCUT2D eigenvalue weighted by Gasteiger charge is 2.41. The smallest absolute Gasteiger partial charge is 0.446 e. The van der Waals surface area contributed by atoms with Crippen molar-refractivity contribution in [1.29, 1.82) is 0 Å². The maximum absolute atomic E-state index is 12.5. The molecule has 0 aromatic carbocycles. The average molecular weight is 302 g/mol. The number of alkyl halides is 3. The number of rotatable bonds is 2. The summed E-state index contributed by atoms with van der Waals surface area (Å²) in [7, 11) is 0. The molecule has 1 N–H and O–H groups in total. The van der Waals surface area contributed by atoms with Crippen LogP contribution in [-0.2, 0) is 6.18 Å². The number of fused-ring (bicyclic) bond motifs is 3. The van der Waals surface area contributed by atoms with Gasteiger partial charge in [0.25, 0.3) is 5.91 Å². The zero-order valence-corrected chi connectivity index (χ0v) is 11.6. The number of carbonyl (C=O) groups is 1. The summed E-state index contributed by atoms with van der Waals surface area (Å²) in [4.78, 5) is 14.4. The van der Waals surface area contributed by atoms with Crippen LogP contribution in [0.2, 0.25) is 0 Å². The van der Waals surface area contributed by atoms with Gasteiger partial charge in [0, 0.05) is 12.1 Å². The van der Waals surface area contributed by atoms with Gasteiger partial charge >= 0.3 is 6.18 Å². The van der Waals surface area contributed by atoms with Crippen molar-refractivity contribution in [2.24, 2.45) is 5.92 Å². The second kappa shape index (κ2) is 5.05. The van der Waals surface area contributed by atoms with E-state index in [1.165, 1.54) is 0 Å². The van der Waals surface area contributed by atoms with Gasteiger partial charge in [-0.05, 0) is 50.9 Å². The van der Waals surface area contributed by atoms with Crippen LogP contribution in [0.15, 0.2) is 16.5 Å². The molecule has 3 aliphatic heterocycles. The molecule has 2 unspecified atom stereocenters. The molecule has 2 bridgehead atoms. The quantitative estimate of drug-likeness (QED) is 0.913. The minimum atomic E-state index is -4.57. The maximum atomic E-state index is 12.5. The monoisotopic (exact) mass is 302 g/mol. The van der Waals surface area contributed by atoms with Crippen LogP contribution in [-0.4, -0.2) is 36.0 Å². The van der Waals surface area contributed by atoms with Crippen LogP contribution in [0, 0.1) is 5.92 Å². The van der Waals surface area contributed by atoms with Gasteiger partial charge < -0.3 is 9.73 Å². The molecule has 1 aromatic rings. The molecule has 4 nitrogen and oxygen atoms in total. The minimum absolute atomic E-state index is 0.0283. The van der Waals surface area contributed by atoms with Gasteiger partial charge in [-0.1, -0.05) is 0 Å². The van der Waals surface area contributed by atoms with Crippen molar-refractivity contribution in [3.05, 3.63) is 23.7 Å². The average Bonchev–Trinajstić information content (AvgIpc) is 2.93. The SMILES string of the molecule is CC1C(NC(=O)c2ccc(C(F)(F)F)o2)C2CCN1CC2. The predicted octanol–water partition coefficient (Wildman–Crippen LogP) is 2.51. The summed E-state index contributed by atoms with van der Waals surface area (Å²) >= 11 is 0. The largest absolute Gasteiger partial charge is 0.449 e. The third kappa shape index (κ3) is 2.66. The molecule has 1 amide bonds. The number of furan rings is 1. The fraction of sp³-hybridized carbons (Fsp3) is 0.643. The van der Waals surface area contributed by atoms with Gasteiger partial charge in [-0.15, -0.1) is 0 Å². The molecule has 0 aliphatic carbocycles. The van der Waals surface area contributed by atoms with Gasteiger partial charge in [-0.25, -0.2) is 0 Å². The van der Waals surface area contributed by atoms with Crippen LogP contribution >= 0.6 is 0 Å². The van der Waals surface area contributed by atoms with Crippen LogP contribution in [0.4, 0.5) is 13.2 Å². The van der Waals surface area contributed by atoms with Crippen LogP contribution in [0.3, 0.4) is 0 Å². The topological polar surface area (TPSA) is 45.5 Å². The normalized spacial score (nSPS) is 32.2. The number of nitrogens with one attached hydrogen (secondary N) is 1. The summed E-state index contributed by atoms with van der Waals surface area (Å²) < 4.78 is 42.0. The molecule has 7 heteroatoms. The first-order chi connectivity index (χ1) is 9.86. The second-order valence-corrected chi connectivity index (χ2v) is 5.77. The van der Waals surface area contributed by atoms with E-state index in [1.807, 2.05) is 6.92 Å². The highest BCUT2D eigenvalue weighted by atomic mass is 19.4. The Hall–Kier alpha value is -1.50. The van der Waals surface area contributed by atoms with E-state index in [1.54, 1.807) is 0 Å². The molecule has 0 spiro atoms. The molecule has 2 atom stereocenters. The van der Waals surface area contributed by atoms with E-state index in [4.69, 9.17) is 0 Å². The van der Waals surface area contributed by atoms with Crippen LogP contribution in [0.1, 0.15) is 36.1 Å². The molecular weight excluding hydrogens is 285 g/mol. The maximum Gasteiger partial charge on any atom is 0.449 e. The molecule has 0 radical (unpaired) electrons. The summed E-state index contributed by atoms with van der Waals surface area (Å²) in [6.45, 7) is 4.09. The van der Waals surface area contributed by atoms with Crippen molar-refractivity contribution in [1.82, 2.24) is 10.2 Å². The van der Waals surface area contributed by atoms with Crippen LogP contribution in [0.5, 0.6) is 0 Å². The first-order valence-corrected chi connectivity index (χ1v) is 7.08. The third-order valence-electron chi connectivity index (χ3n) is 4.58. The van der Waals surface area contributed by atoms with E-state index in [0.29, 0.717) is 5.92 Å². The summed E-state index contributed by atoms with van der Waals surface area (Å²) in [6.07, 6.45) is -2.54. The number of hydrogen-bond donors (Lipinski definition) is 1. The van der Waals surface area contributed by atoms with E-state index in [2.05, 4.69) is 14.6 Å². The molecule has 3 aliphatic rings. The molecule has 21 heavy (non-hydrogen) atoms. The lowest BCUT2D eigenvalue weighted by molar-refractivity contribution is -0.153. The Morgan fingerprint density at radius 3 is 2.52 bits per heavy atom. The molecule has 1 aromatic heterocycles. The Balaban J connectivity index is 1.70. The van der Waals surface area contributed by atoms with Crippen molar-refractivity contribution < 1.29 is 22.4 Å². The van der Waals surface area contributed by atoms with E-state index in [0.717, 1.165) is 38.1 Å². The summed E-state index contributed by atoms with van der Waals surface area (Å²) in [5.41, 5.74) is 0. The number of hydrogen-bond acceptors (Lipinski definition) is 3. The molecule has 0 saturated carbocycles. The molecule has 3 saturated heterocycles. The highest BCUT2D eigenvalue weighted by molar-refractivity contribution is 5.91. The third-order valence-corrected chi connectivity index (χ3v) is 4.58.